The fourth-order valence-electron chi connectivity index (χ4n) is 1.73. The van der Waals surface area contributed by atoms with Gasteiger partial charge in [0.25, 0.3) is 10.0 Å². The molecule has 0 amide bonds. The molecular formula is C14H15FN2O4S2. The summed E-state index contributed by atoms with van der Waals surface area (Å²) in [5.41, 5.74) is 0.201. The van der Waals surface area contributed by atoms with E-state index in [4.69, 9.17) is 0 Å². The van der Waals surface area contributed by atoms with Gasteiger partial charge in [0.15, 0.2) is 0 Å². The summed E-state index contributed by atoms with van der Waals surface area (Å²) in [5.74, 6) is -0.540. The molecule has 9 heteroatoms. The Hall–Kier alpha value is -1.97. The number of halogens is 1. The third kappa shape index (κ3) is 3.87. The van der Waals surface area contributed by atoms with Crippen molar-refractivity contribution in [2.45, 2.75) is 9.79 Å². The Balaban J connectivity index is 2.26. The average molecular weight is 358 g/mol. The lowest BCUT2D eigenvalue weighted by atomic mass is 10.3. The number of benzene rings is 2. The summed E-state index contributed by atoms with van der Waals surface area (Å²) >= 11 is 0. The number of nitrogens with zero attached hydrogens (tertiary/aromatic N) is 1. The summed E-state index contributed by atoms with van der Waals surface area (Å²) < 4.78 is 64.4. The van der Waals surface area contributed by atoms with Crippen LogP contribution in [0.2, 0.25) is 0 Å². The first kappa shape index (κ1) is 17.4. The number of rotatable bonds is 5. The van der Waals surface area contributed by atoms with Crippen LogP contribution in [0.5, 0.6) is 0 Å². The first-order chi connectivity index (χ1) is 10.6. The Labute approximate surface area is 134 Å². The molecule has 2 rings (SSSR count). The van der Waals surface area contributed by atoms with Gasteiger partial charge in [0, 0.05) is 19.8 Å². The summed E-state index contributed by atoms with van der Waals surface area (Å²) in [6.07, 6.45) is 0. The molecule has 0 bridgehead atoms. The molecule has 23 heavy (non-hydrogen) atoms. The zero-order chi connectivity index (χ0) is 17.3. The quantitative estimate of drug-likeness (QED) is 0.884. The molecule has 0 spiro atoms. The van der Waals surface area contributed by atoms with E-state index >= 15 is 0 Å². The van der Waals surface area contributed by atoms with E-state index < -0.39 is 25.9 Å². The van der Waals surface area contributed by atoms with Gasteiger partial charge in [0.05, 0.1) is 9.79 Å². The highest BCUT2D eigenvalue weighted by atomic mass is 32.2. The van der Waals surface area contributed by atoms with Crippen LogP contribution in [0.4, 0.5) is 10.1 Å². The maximum absolute atomic E-state index is 12.8. The van der Waals surface area contributed by atoms with Crippen LogP contribution in [0.15, 0.2) is 58.3 Å². The summed E-state index contributed by atoms with van der Waals surface area (Å²) in [5, 5.41) is 0. The number of sulfonamides is 2. The molecule has 0 saturated heterocycles. The number of hydrogen-bond donors (Lipinski definition) is 1. The normalized spacial score (nSPS) is 12.3. The second kappa shape index (κ2) is 6.26. The lowest BCUT2D eigenvalue weighted by Gasteiger charge is -2.12. The standard InChI is InChI=1S/C14H15FN2O4S2/c1-17(2)23(20,21)14-9-5-12(6-10-14)16-22(18,19)13-7-3-11(15)4-8-13/h3-10,16H,1-2H3. The van der Waals surface area contributed by atoms with Crippen molar-refractivity contribution in [1.82, 2.24) is 4.31 Å². The third-order valence-corrected chi connectivity index (χ3v) is 6.24. The largest absolute Gasteiger partial charge is 0.280 e. The molecule has 2 aromatic rings. The van der Waals surface area contributed by atoms with Crippen LogP contribution in [-0.2, 0) is 20.0 Å². The lowest BCUT2D eigenvalue weighted by Crippen LogP contribution is -2.22. The van der Waals surface area contributed by atoms with E-state index in [0.717, 1.165) is 28.6 Å². The van der Waals surface area contributed by atoms with E-state index in [1.807, 2.05) is 0 Å². The van der Waals surface area contributed by atoms with Crippen molar-refractivity contribution < 1.29 is 21.2 Å². The number of hydrogen-bond acceptors (Lipinski definition) is 4. The van der Waals surface area contributed by atoms with Crippen LogP contribution in [0, 0.1) is 5.82 Å². The van der Waals surface area contributed by atoms with E-state index in [2.05, 4.69) is 4.72 Å². The molecule has 0 unspecified atom stereocenters. The predicted octanol–water partition coefficient (Wildman–Crippen LogP) is 1.88. The van der Waals surface area contributed by atoms with Crippen molar-refractivity contribution in [3.05, 3.63) is 54.3 Å². The molecule has 0 aliphatic rings. The molecule has 0 aliphatic heterocycles. The summed E-state index contributed by atoms with van der Waals surface area (Å²) in [6.45, 7) is 0. The Morgan fingerprint density at radius 3 is 1.78 bits per heavy atom. The first-order valence-corrected chi connectivity index (χ1v) is 9.36. The van der Waals surface area contributed by atoms with E-state index in [0.29, 0.717) is 0 Å². The van der Waals surface area contributed by atoms with Crippen LogP contribution in [-0.4, -0.2) is 35.2 Å². The van der Waals surface area contributed by atoms with Gasteiger partial charge in [-0.25, -0.2) is 25.5 Å². The summed E-state index contributed by atoms with van der Waals surface area (Å²) in [6, 6.07) is 9.67. The first-order valence-electron chi connectivity index (χ1n) is 6.44. The van der Waals surface area contributed by atoms with Gasteiger partial charge in [0.2, 0.25) is 10.0 Å². The van der Waals surface area contributed by atoms with Crippen molar-refractivity contribution in [2.24, 2.45) is 0 Å². The van der Waals surface area contributed by atoms with Crippen molar-refractivity contribution in [1.29, 1.82) is 0 Å². The molecule has 0 aromatic heterocycles. The Bertz CT molecular complexity index is 891. The second-order valence-corrected chi connectivity index (χ2v) is 8.71. The van der Waals surface area contributed by atoms with E-state index in [1.165, 1.54) is 38.4 Å². The molecule has 2 aromatic carbocycles. The monoisotopic (exact) mass is 358 g/mol. The molecule has 1 N–H and O–H groups in total. The smallest absolute Gasteiger partial charge is 0.261 e. The minimum atomic E-state index is -3.87. The van der Waals surface area contributed by atoms with E-state index in [1.54, 1.807) is 0 Å². The molecule has 6 nitrogen and oxygen atoms in total. The van der Waals surface area contributed by atoms with Gasteiger partial charge in [-0.1, -0.05) is 0 Å². The van der Waals surface area contributed by atoms with Gasteiger partial charge in [-0.05, 0) is 48.5 Å². The molecule has 0 atom stereocenters. The molecular weight excluding hydrogens is 343 g/mol. The Kier molecular flexibility index (Phi) is 4.73. The zero-order valence-corrected chi connectivity index (χ0v) is 14.0. The highest BCUT2D eigenvalue weighted by Gasteiger charge is 2.18. The number of anilines is 1. The van der Waals surface area contributed by atoms with Gasteiger partial charge in [0.1, 0.15) is 5.82 Å². The van der Waals surface area contributed by atoms with Gasteiger partial charge in [-0.3, -0.25) is 4.72 Å². The Morgan fingerprint density at radius 1 is 0.826 bits per heavy atom. The summed E-state index contributed by atoms with van der Waals surface area (Å²) in [4.78, 5) is -0.0453. The molecule has 0 heterocycles. The minimum Gasteiger partial charge on any atom is -0.280 e. The molecule has 0 aliphatic carbocycles. The van der Waals surface area contributed by atoms with Gasteiger partial charge in [-0.15, -0.1) is 0 Å². The van der Waals surface area contributed by atoms with Crippen LogP contribution in [0.3, 0.4) is 0 Å². The average Bonchev–Trinajstić information content (AvgIpc) is 2.47. The zero-order valence-electron chi connectivity index (χ0n) is 12.4. The second-order valence-electron chi connectivity index (χ2n) is 4.87. The van der Waals surface area contributed by atoms with Crippen molar-refractivity contribution in [3.8, 4) is 0 Å². The molecule has 124 valence electrons. The minimum absolute atomic E-state index is 0.0484. The van der Waals surface area contributed by atoms with Crippen LogP contribution >= 0.6 is 0 Å². The molecule has 0 fully saturated rings. The fraction of sp³-hybridized carbons (Fsp3) is 0.143. The highest BCUT2D eigenvalue weighted by Crippen LogP contribution is 2.20. The van der Waals surface area contributed by atoms with Crippen LogP contribution in [0.25, 0.3) is 0 Å². The van der Waals surface area contributed by atoms with Crippen LogP contribution < -0.4 is 4.72 Å². The van der Waals surface area contributed by atoms with E-state index in [-0.39, 0.29) is 15.5 Å². The maximum atomic E-state index is 12.8. The maximum Gasteiger partial charge on any atom is 0.261 e. The van der Waals surface area contributed by atoms with Gasteiger partial charge < -0.3 is 0 Å². The highest BCUT2D eigenvalue weighted by molar-refractivity contribution is 7.92. The van der Waals surface area contributed by atoms with Crippen molar-refractivity contribution >= 4 is 25.7 Å². The molecule has 0 radical (unpaired) electrons. The van der Waals surface area contributed by atoms with E-state index in [9.17, 15) is 21.2 Å². The molecule has 0 saturated carbocycles. The SMILES string of the molecule is CN(C)S(=O)(=O)c1ccc(NS(=O)(=O)c2ccc(F)cc2)cc1. The van der Waals surface area contributed by atoms with Crippen molar-refractivity contribution in [2.75, 3.05) is 18.8 Å². The van der Waals surface area contributed by atoms with Crippen molar-refractivity contribution in [3.63, 3.8) is 0 Å². The lowest BCUT2D eigenvalue weighted by molar-refractivity contribution is 0.521. The fourth-order valence-corrected chi connectivity index (χ4v) is 3.69. The Morgan fingerprint density at radius 2 is 1.30 bits per heavy atom. The third-order valence-electron chi connectivity index (χ3n) is 3.01. The summed E-state index contributed by atoms with van der Waals surface area (Å²) in [7, 11) is -4.64. The van der Waals surface area contributed by atoms with Gasteiger partial charge in [-0.2, -0.15) is 0 Å². The van der Waals surface area contributed by atoms with Crippen LogP contribution in [0.1, 0.15) is 0 Å². The topological polar surface area (TPSA) is 83.6 Å². The van der Waals surface area contributed by atoms with Gasteiger partial charge >= 0.3 is 0 Å². The number of nitrogens with one attached hydrogen (secondary N) is 1. The predicted molar refractivity (Wildman–Crippen MR) is 84.5 cm³/mol.